The summed E-state index contributed by atoms with van der Waals surface area (Å²) in [5.74, 6) is 0. The number of hydrogen-bond donors (Lipinski definition) is 1. The largest absolute Gasteiger partial charge is 0.369 e. The molecule has 0 amide bonds. The second-order valence-electron chi connectivity index (χ2n) is 4.00. The van der Waals surface area contributed by atoms with Gasteiger partial charge in [0.15, 0.2) is 0 Å². The van der Waals surface area contributed by atoms with Crippen molar-refractivity contribution in [1.29, 1.82) is 0 Å². The Morgan fingerprint density at radius 1 is 1.33 bits per heavy atom. The van der Waals surface area contributed by atoms with Crippen LogP contribution in [0.25, 0.3) is 6.08 Å². The second kappa shape index (κ2) is 4.49. The number of aryl methyl sites for hydroxylation is 1. The smallest absolute Gasteiger partial charge is 0.0440 e. The van der Waals surface area contributed by atoms with Gasteiger partial charge in [-0.05, 0) is 24.6 Å². The Labute approximate surface area is 91.6 Å². The quantitative estimate of drug-likeness (QED) is 0.789. The lowest BCUT2D eigenvalue weighted by molar-refractivity contribution is 0.589. The van der Waals surface area contributed by atoms with Gasteiger partial charge in [0.2, 0.25) is 0 Å². The van der Waals surface area contributed by atoms with Crippen LogP contribution in [0, 0.1) is 6.92 Å². The third kappa shape index (κ3) is 2.21. The summed E-state index contributed by atoms with van der Waals surface area (Å²) in [4.78, 5) is 2.42. The van der Waals surface area contributed by atoms with Crippen molar-refractivity contribution < 1.29 is 0 Å². The molecule has 80 valence electrons. The molecule has 0 unspecified atom stereocenters. The second-order valence-corrected chi connectivity index (χ2v) is 4.00. The van der Waals surface area contributed by atoms with Crippen molar-refractivity contribution in [2.24, 2.45) is 0 Å². The van der Waals surface area contributed by atoms with E-state index >= 15 is 0 Å². The molecule has 0 aromatic heterocycles. The number of nitrogens with zero attached hydrogens (tertiary/aromatic N) is 1. The van der Waals surface area contributed by atoms with Gasteiger partial charge in [0.1, 0.15) is 0 Å². The van der Waals surface area contributed by atoms with E-state index in [1.807, 2.05) is 6.08 Å². The van der Waals surface area contributed by atoms with Gasteiger partial charge in [-0.3, -0.25) is 0 Å². The molecule has 1 aliphatic heterocycles. The summed E-state index contributed by atoms with van der Waals surface area (Å²) in [5, 5.41) is 3.37. The highest BCUT2D eigenvalue weighted by atomic mass is 15.2. The van der Waals surface area contributed by atoms with Gasteiger partial charge in [0, 0.05) is 31.9 Å². The van der Waals surface area contributed by atoms with E-state index in [4.69, 9.17) is 0 Å². The molecule has 2 nitrogen and oxygen atoms in total. The Morgan fingerprint density at radius 2 is 2.07 bits per heavy atom. The van der Waals surface area contributed by atoms with Gasteiger partial charge in [0.25, 0.3) is 0 Å². The van der Waals surface area contributed by atoms with E-state index in [-0.39, 0.29) is 0 Å². The first-order valence-corrected chi connectivity index (χ1v) is 5.50. The summed E-state index contributed by atoms with van der Waals surface area (Å²) in [6.07, 6.45) is 1.95. The van der Waals surface area contributed by atoms with Crippen LogP contribution >= 0.6 is 0 Å². The Kier molecular flexibility index (Phi) is 3.07. The highest BCUT2D eigenvalue weighted by Crippen LogP contribution is 2.23. The molecule has 15 heavy (non-hydrogen) atoms. The van der Waals surface area contributed by atoms with Gasteiger partial charge in [0.05, 0.1) is 0 Å². The molecule has 1 saturated heterocycles. The molecule has 0 aliphatic carbocycles. The van der Waals surface area contributed by atoms with Gasteiger partial charge in [-0.15, -0.1) is 0 Å². The van der Waals surface area contributed by atoms with Gasteiger partial charge in [-0.25, -0.2) is 0 Å². The molecule has 0 saturated carbocycles. The minimum absolute atomic E-state index is 1.07. The van der Waals surface area contributed by atoms with Crippen LogP contribution in [0.15, 0.2) is 24.8 Å². The summed E-state index contributed by atoms with van der Waals surface area (Å²) < 4.78 is 0. The van der Waals surface area contributed by atoms with Gasteiger partial charge >= 0.3 is 0 Å². The minimum Gasteiger partial charge on any atom is -0.369 e. The molecular formula is C13H18N2. The van der Waals surface area contributed by atoms with Gasteiger partial charge in [-0.1, -0.05) is 24.3 Å². The highest BCUT2D eigenvalue weighted by molar-refractivity contribution is 5.67. The topological polar surface area (TPSA) is 15.3 Å². The molecular weight excluding hydrogens is 184 g/mol. The van der Waals surface area contributed by atoms with Gasteiger partial charge < -0.3 is 10.2 Å². The zero-order chi connectivity index (χ0) is 10.7. The Balaban J connectivity index is 2.29. The molecule has 1 heterocycles. The summed E-state index contributed by atoms with van der Waals surface area (Å²) >= 11 is 0. The van der Waals surface area contributed by atoms with E-state index in [0.717, 1.165) is 26.2 Å². The van der Waals surface area contributed by atoms with E-state index in [1.165, 1.54) is 16.8 Å². The zero-order valence-corrected chi connectivity index (χ0v) is 9.29. The average Bonchev–Trinajstić information content (AvgIpc) is 2.30. The molecule has 0 bridgehead atoms. The molecule has 2 heteroatoms. The van der Waals surface area contributed by atoms with E-state index in [0.29, 0.717) is 0 Å². The fraction of sp³-hybridized carbons (Fsp3) is 0.385. The Hall–Kier alpha value is -1.28. The fourth-order valence-corrected chi connectivity index (χ4v) is 2.03. The number of benzene rings is 1. The van der Waals surface area contributed by atoms with Crippen molar-refractivity contribution in [2.75, 3.05) is 31.1 Å². The van der Waals surface area contributed by atoms with Crippen molar-refractivity contribution in [3.8, 4) is 0 Å². The Morgan fingerprint density at radius 3 is 2.73 bits per heavy atom. The van der Waals surface area contributed by atoms with Crippen molar-refractivity contribution in [3.63, 3.8) is 0 Å². The van der Waals surface area contributed by atoms with E-state index in [2.05, 4.69) is 41.9 Å². The van der Waals surface area contributed by atoms with E-state index < -0.39 is 0 Å². The number of hydrogen-bond acceptors (Lipinski definition) is 2. The first kappa shape index (κ1) is 10.2. The lowest BCUT2D eigenvalue weighted by Gasteiger charge is -2.30. The standard InChI is InChI=1S/C13H18N2/c1-3-12-10-11(2)4-5-13(12)15-8-6-14-7-9-15/h3-5,10,14H,1,6-9H2,2H3. The maximum absolute atomic E-state index is 3.89. The van der Waals surface area contributed by atoms with Crippen molar-refractivity contribution >= 4 is 11.8 Å². The SMILES string of the molecule is C=Cc1cc(C)ccc1N1CCNCC1. The van der Waals surface area contributed by atoms with E-state index in [1.54, 1.807) is 0 Å². The van der Waals surface area contributed by atoms with Crippen LogP contribution < -0.4 is 10.2 Å². The maximum atomic E-state index is 3.89. The zero-order valence-electron chi connectivity index (χ0n) is 9.29. The monoisotopic (exact) mass is 202 g/mol. The fourth-order valence-electron chi connectivity index (χ4n) is 2.03. The maximum Gasteiger partial charge on any atom is 0.0440 e. The summed E-state index contributed by atoms with van der Waals surface area (Å²) in [6, 6.07) is 6.58. The first-order chi connectivity index (χ1) is 7.31. The van der Waals surface area contributed by atoms with Crippen LogP contribution in [0.4, 0.5) is 5.69 Å². The van der Waals surface area contributed by atoms with Crippen LogP contribution in [-0.4, -0.2) is 26.2 Å². The minimum atomic E-state index is 1.07. The molecule has 0 atom stereocenters. The average molecular weight is 202 g/mol. The molecule has 2 rings (SSSR count). The van der Waals surface area contributed by atoms with Crippen molar-refractivity contribution in [2.45, 2.75) is 6.92 Å². The van der Waals surface area contributed by atoms with Crippen molar-refractivity contribution in [3.05, 3.63) is 35.9 Å². The number of piperazine rings is 1. The van der Waals surface area contributed by atoms with Gasteiger partial charge in [-0.2, -0.15) is 0 Å². The van der Waals surface area contributed by atoms with Crippen molar-refractivity contribution in [1.82, 2.24) is 5.32 Å². The van der Waals surface area contributed by atoms with Crippen LogP contribution in [0.3, 0.4) is 0 Å². The van der Waals surface area contributed by atoms with Crippen LogP contribution in [0.5, 0.6) is 0 Å². The summed E-state index contributed by atoms with van der Waals surface area (Å²) in [5.41, 5.74) is 3.86. The molecule has 0 radical (unpaired) electrons. The lowest BCUT2D eigenvalue weighted by atomic mass is 10.1. The molecule has 1 aliphatic rings. The third-order valence-corrected chi connectivity index (χ3v) is 2.86. The van der Waals surface area contributed by atoms with Crippen LogP contribution in [0.1, 0.15) is 11.1 Å². The molecule has 0 spiro atoms. The van der Waals surface area contributed by atoms with E-state index in [9.17, 15) is 0 Å². The third-order valence-electron chi connectivity index (χ3n) is 2.86. The number of nitrogens with one attached hydrogen (secondary N) is 1. The Bertz CT molecular complexity index is 352. The van der Waals surface area contributed by atoms with Crippen LogP contribution in [0.2, 0.25) is 0 Å². The molecule has 1 aromatic rings. The first-order valence-electron chi connectivity index (χ1n) is 5.50. The molecule has 1 N–H and O–H groups in total. The molecule has 1 fully saturated rings. The normalized spacial score (nSPS) is 16.5. The lowest BCUT2D eigenvalue weighted by Crippen LogP contribution is -2.43. The predicted octanol–water partition coefficient (Wildman–Crippen LogP) is 2.05. The van der Waals surface area contributed by atoms with Crippen LogP contribution in [-0.2, 0) is 0 Å². The number of rotatable bonds is 2. The summed E-state index contributed by atoms with van der Waals surface area (Å²) in [7, 11) is 0. The predicted molar refractivity (Wildman–Crippen MR) is 66.4 cm³/mol. The highest BCUT2D eigenvalue weighted by Gasteiger charge is 2.12. The molecule has 1 aromatic carbocycles. The summed E-state index contributed by atoms with van der Waals surface area (Å²) in [6.45, 7) is 10.3. The number of anilines is 1.